The molecule has 2 aliphatic heterocycles. The quantitative estimate of drug-likeness (QED) is 0.698. The van der Waals surface area contributed by atoms with Gasteiger partial charge in [0.05, 0.1) is 5.41 Å². The minimum Gasteiger partial charge on any atom is -0.481 e. The van der Waals surface area contributed by atoms with Crippen molar-refractivity contribution in [1.29, 1.82) is 0 Å². The van der Waals surface area contributed by atoms with E-state index in [1.807, 2.05) is 0 Å². The van der Waals surface area contributed by atoms with Crippen LogP contribution in [-0.4, -0.2) is 35.6 Å². The van der Waals surface area contributed by atoms with E-state index < -0.39 is 11.4 Å². The van der Waals surface area contributed by atoms with Crippen molar-refractivity contribution in [2.24, 2.45) is 11.3 Å². The molecule has 2 aliphatic rings. The molecule has 2 bridgehead atoms. The Hall–Kier alpha value is -1.10. The predicted octanol–water partition coefficient (Wildman–Crippen LogP) is 1.13. The molecule has 0 aromatic heterocycles. The molecule has 2 rings (SSSR count). The molecule has 2 unspecified atom stereocenters. The van der Waals surface area contributed by atoms with E-state index in [0.29, 0.717) is 24.4 Å². The van der Waals surface area contributed by atoms with E-state index in [1.165, 1.54) is 12.8 Å². The number of hydrogen-bond donors (Lipinski definition) is 3. The summed E-state index contributed by atoms with van der Waals surface area (Å²) in [6.07, 6.45) is 5.15. The zero-order valence-corrected chi connectivity index (χ0v) is 11.7. The Morgan fingerprint density at radius 3 is 2.37 bits per heavy atom. The van der Waals surface area contributed by atoms with Gasteiger partial charge in [-0.2, -0.15) is 0 Å². The van der Waals surface area contributed by atoms with Crippen LogP contribution < -0.4 is 10.6 Å². The van der Waals surface area contributed by atoms with Gasteiger partial charge in [-0.15, -0.1) is 0 Å². The third-order valence-corrected chi connectivity index (χ3v) is 4.35. The number of fused-ring (bicyclic) bond motifs is 2. The van der Waals surface area contributed by atoms with E-state index >= 15 is 0 Å². The van der Waals surface area contributed by atoms with Gasteiger partial charge in [0.15, 0.2) is 0 Å². The summed E-state index contributed by atoms with van der Waals surface area (Å²) in [5, 5.41) is 15.3. The van der Waals surface area contributed by atoms with E-state index in [1.54, 1.807) is 13.8 Å². The zero-order valence-electron chi connectivity index (χ0n) is 11.7. The number of carbonyl (C=O) groups is 2. The number of carboxylic acid groups (broad SMARTS) is 1. The average Bonchev–Trinajstić information content (AvgIpc) is 2.66. The number of rotatable bonds is 5. The summed E-state index contributed by atoms with van der Waals surface area (Å²) in [6.45, 7) is 3.44. The topological polar surface area (TPSA) is 78.4 Å². The highest BCUT2D eigenvalue weighted by atomic mass is 16.4. The average molecular weight is 268 g/mol. The van der Waals surface area contributed by atoms with Crippen LogP contribution in [0.15, 0.2) is 0 Å². The molecule has 0 aromatic carbocycles. The van der Waals surface area contributed by atoms with Crippen LogP contribution in [0.2, 0.25) is 0 Å². The second-order valence-electron chi connectivity index (χ2n) is 6.65. The standard InChI is InChI=1S/C14H24N2O3/c1-14(2,13(18)19)8-15-12(17)7-9-5-10-3-4-11(6-9)16-10/h9-11,16H,3-8H2,1-2H3,(H,15,17)(H,18,19). The third kappa shape index (κ3) is 3.69. The Morgan fingerprint density at radius 1 is 1.26 bits per heavy atom. The molecule has 5 heteroatoms. The fourth-order valence-electron chi connectivity index (χ4n) is 3.07. The SMILES string of the molecule is CC(C)(CNC(=O)CC1CC2CCC(C1)N2)C(=O)O. The Morgan fingerprint density at radius 2 is 1.84 bits per heavy atom. The van der Waals surface area contributed by atoms with Crippen molar-refractivity contribution in [2.45, 2.75) is 58.0 Å². The number of aliphatic carboxylic acids is 1. The monoisotopic (exact) mass is 268 g/mol. The number of amides is 1. The molecule has 0 saturated carbocycles. The smallest absolute Gasteiger partial charge is 0.310 e. The molecule has 0 aliphatic carbocycles. The minimum absolute atomic E-state index is 0.0133. The van der Waals surface area contributed by atoms with Crippen LogP contribution in [0, 0.1) is 11.3 Å². The lowest BCUT2D eigenvalue weighted by Gasteiger charge is -2.29. The Bertz CT molecular complexity index is 356. The normalized spacial score (nSPS) is 30.1. The van der Waals surface area contributed by atoms with E-state index in [4.69, 9.17) is 5.11 Å². The van der Waals surface area contributed by atoms with Crippen LogP contribution in [0.25, 0.3) is 0 Å². The summed E-state index contributed by atoms with van der Waals surface area (Å²) in [5.41, 5.74) is -0.900. The molecule has 3 N–H and O–H groups in total. The minimum atomic E-state index is -0.900. The molecule has 5 nitrogen and oxygen atoms in total. The van der Waals surface area contributed by atoms with Gasteiger partial charge in [-0.05, 0) is 45.4 Å². The lowest BCUT2D eigenvalue weighted by atomic mass is 9.89. The summed E-state index contributed by atoms with van der Waals surface area (Å²) in [4.78, 5) is 22.8. The summed E-state index contributed by atoms with van der Waals surface area (Å²) in [5.74, 6) is -0.444. The van der Waals surface area contributed by atoms with Crippen molar-refractivity contribution in [3.8, 4) is 0 Å². The molecular formula is C14H24N2O3. The van der Waals surface area contributed by atoms with Crippen LogP contribution in [0.1, 0.15) is 46.0 Å². The van der Waals surface area contributed by atoms with Crippen LogP contribution in [0.4, 0.5) is 0 Å². The largest absolute Gasteiger partial charge is 0.481 e. The van der Waals surface area contributed by atoms with E-state index in [-0.39, 0.29) is 12.5 Å². The van der Waals surface area contributed by atoms with Crippen LogP contribution in [0.3, 0.4) is 0 Å². The molecular weight excluding hydrogens is 244 g/mol. The fraction of sp³-hybridized carbons (Fsp3) is 0.857. The molecule has 0 spiro atoms. The van der Waals surface area contributed by atoms with Gasteiger partial charge in [0.1, 0.15) is 0 Å². The van der Waals surface area contributed by atoms with E-state index in [0.717, 1.165) is 12.8 Å². The van der Waals surface area contributed by atoms with Crippen molar-refractivity contribution in [1.82, 2.24) is 10.6 Å². The number of carbonyl (C=O) groups excluding carboxylic acids is 1. The molecule has 0 radical (unpaired) electrons. The summed E-state index contributed by atoms with van der Waals surface area (Å²) < 4.78 is 0. The summed E-state index contributed by atoms with van der Waals surface area (Å²) in [7, 11) is 0. The molecule has 19 heavy (non-hydrogen) atoms. The van der Waals surface area contributed by atoms with Crippen molar-refractivity contribution in [3.63, 3.8) is 0 Å². The number of piperidine rings is 1. The first-order chi connectivity index (χ1) is 8.87. The number of nitrogens with one attached hydrogen (secondary N) is 2. The molecule has 108 valence electrons. The van der Waals surface area contributed by atoms with Crippen molar-refractivity contribution >= 4 is 11.9 Å². The Labute approximate surface area is 114 Å². The lowest BCUT2D eigenvalue weighted by molar-refractivity contribution is -0.146. The summed E-state index contributed by atoms with van der Waals surface area (Å²) in [6, 6.07) is 1.18. The fourth-order valence-corrected chi connectivity index (χ4v) is 3.07. The molecule has 2 fully saturated rings. The predicted molar refractivity (Wildman–Crippen MR) is 71.7 cm³/mol. The molecule has 2 atom stereocenters. The second-order valence-corrected chi connectivity index (χ2v) is 6.65. The highest BCUT2D eigenvalue weighted by Gasteiger charge is 2.34. The maximum absolute atomic E-state index is 11.9. The first-order valence-corrected chi connectivity index (χ1v) is 7.13. The summed E-state index contributed by atoms with van der Waals surface area (Å²) >= 11 is 0. The van der Waals surface area contributed by atoms with Crippen molar-refractivity contribution in [2.75, 3.05) is 6.54 Å². The van der Waals surface area contributed by atoms with E-state index in [2.05, 4.69) is 10.6 Å². The van der Waals surface area contributed by atoms with Gasteiger partial charge in [0, 0.05) is 25.0 Å². The maximum atomic E-state index is 11.9. The highest BCUT2D eigenvalue weighted by molar-refractivity contribution is 5.78. The van der Waals surface area contributed by atoms with Crippen molar-refractivity contribution < 1.29 is 14.7 Å². The highest BCUT2D eigenvalue weighted by Crippen LogP contribution is 2.32. The lowest BCUT2D eigenvalue weighted by Crippen LogP contribution is -2.42. The Balaban J connectivity index is 1.74. The molecule has 0 aromatic rings. The van der Waals surface area contributed by atoms with Gasteiger partial charge in [0.25, 0.3) is 0 Å². The van der Waals surface area contributed by atoms with Gasteiger partial charge in [0.2, 0.25) is 5.91 Å². The molecule has 1 amide bonds. The van der Waals surface area contributed by atoms with Crippen LogP contribution in [-0.2, 0) is 9.59 Å². The number of hydrogen-bond acceptors (Lipinski definition) is 3. The van der Waals surface area contributed by atoms with Crippen molar-refractivity contribution in [3.05, 3.63) is 0 Å². The van der Waals surface area contributed by atoms with Gasteiger partial charge in [-0.3, -0.25) is 9.59 Å². The van der Waals surface area contributed by atoms with Crippen LogP contribution in [0.5, 0.6) is 0 Å². The van der Waals surface area contributed by atoms with Crippen LogP contribution >= 0.6 is 0 Å². The number of carboxylic acids is 1. The first kappa shape index (κ1) is 14.3. The van der Waals surface area contributed by atoms with Gasteiger partial charge in [-0.25, -0.2) is 0 Å². The van der Waals surface area contributed by atoms with Gasteiger partial charge in [-0.1, -0.05) is 0 Å². The first-order valence-electron chi connectivity index (χ1n) is 7.13. The van der Waals surface area contributed by atoms with Gasteiger partial charge < -0.3 is 15.7 Å². The van der Waals surface area contributed by atoms with Gasteiger partial charge >= 0.3 is 5.97 Å². The zero-order chi connectivity index (χ0) is 14.0. The van der Waals surface area contributed by atoms with E-state index in [9.17, 15) is 9.59 Å². The maximum Gasteiger partial charge on any atom is 0.310 e. The Kier molecular flexibility index (Phi) is 4.13. The second kappa shape index (κ2) is 5.49. The molecule has 2 saturated heterocycles. The molecule has 2 heterocycles. The third-order valence-electron chi connectivity index (χ3n) is 4.35.